The number of carbonyl (C=O) groups excluding carboxylic acids is 1. The fourth-order valence-electron chi connectivity index (χ4n) is 2.61. The van der Waals surface area contributed by atoms with Gasteiger partial charge in [-0.1, -0.05) is 41.9 Å². The molecule has 0 saturated carbocycles. The van der Waals surface area contributed by atoms with Crippen molar-refractivity contribution in [1.82, 2.24) is 5.32 Å². The maximum Gasteiger partial charge on any atom is 0.416 e. The lowest BCUT2D eigenvalue weighted by molar-refractivity contribution is -0.137. The summed E-state index contributed by atoms with van der Waals surface area (Å²) in [6.45, 7) is -0.356. The number of thioether (sulfide) groups is 1. The van der Waals surface area contributed by atoms with Crippen LogP contribution >= 0.6 is 23.4 Å². The average Bonchev–Trinajstić information content (AvgIpc) is 2.68. The molecule has 11 heteroatoms. The number of amides is 1. The van der Waals surface area contributed by atoms with Gasteiger partial charge in [-0.3, -0.25) is 9.10 Å². The van der Waals surface area contributed by atoms with Gasteiger partial charge in [0.25, 0.3) is 0 Å². The van der Waals surface area contributed by atoms with Gasteiger partial charge < -0.3 is 5.32 Å². The zero-order valence-corrected chi connectivity index (χ0v) is 19.0. The molecule has 0 aromatic heterocycles. The first-order chi connectivity index (χ1) is 14.5. The van der Waals surface area contributed by atoms with Gasteiger partial charge in [0.05, 0.1) is 22.5 Å². The highest BCUT2D eigenvalue weighted by molar-refractivity contribution is 7.98. The fourth-order valence-corrected chi connectivity index (χ4v) is 4.66. The molecule has 0 unspecified atom stereocenters. The zero-order chi connectivity index (χ0) is 23.1. The number of carbonyl (C=O) groups is 1. The predicted molar refractivity (Wildman–Crippen MR) is 119 cm³/mol. The van der Waals surface area contributed by atoms with E-state index in [0.29, 0.717) is 23.3 Å². The summed E-state index contributed by atoms with van der Waals surface area (Å²) in [5.41, 5.74) is -0.262. The monoisotopic (exact) mass is 494 g/mol. The molecule has 2 aromatic carbocycles. The normalized spacial score (nSPS) is 11.9. The van der Waals surface area contributed by atoms with Crippen LogP contribution in [-0.2, 0) is 26.7 Å². The van der Waals surface area contributed by atoms with E-state index in [1.807, 2.05) is 30.3 Å². The van der Waals surface area contributed by atoms with Crippen molar-refractivity contribution in [2.45, 2.75) is 18.3 Å². The van der Waals surface area contributed by atoms with Crippen molar-refractivity contribution in [3.8, 4) is 0 Å². The highest BCUT2D eigenvalue weighted by Gasteiger charge is 2.33. The van der Waals surface area contributed by atoms with E-state index in [2.05, 4.69) is 5.32 Å². The van der Waals surface area contributed by atoms with Crippen molar-refractivity contribution in [3.05, 3.63) is 64.7 Å². The molecule has 5 nitrogen and oxygen atoms in total. The Bertz CT molecular complexity index is 987. The Hall–Kier alpha value is -1.91. The number of nitrogens with one attached hydrogen (secondary N) is 1. The molecule has 2 rings (SSSR count). The largest absolute Gasteiger partial charge is 0.416 e. The number of rotatable bonds is 10. The molecule has 0 aliphatic heterocycles. The quantitative estimate of drug-likeness (QED) is 0.491. The molecule has 0 radical (unpaired) electrons. The lowest BCUT2D eigenvalue weighted by atomic mass is 10.2. The van der Waals surface area contributed by atoms with E-state index in [-0.39, 0.29) is 5.02 Å². The first kappa shape index (κ1) is 25.4. The third-order valence-electron chi connectivity index (χ3n) is 4.13. The minimum absolute atomic E-state index is 0.205. The highest BCUT2D eigenvalue weighted by Crippen LogP contribution is 2.36. The Morgan fingerprint density at radius 2 is 1.84 bits per heavy atom. The number of benzene rings is 2. The molecule has 0 bridgehead atoms. The Balaban J connectivity index is 1.92. The highest BCUT2D eigenvalue weighted by atomic mass is 35.5. The Kier molecular flexibility index (Phi) is 9.08. The van der Waals surface area contributed by atoms with E-state index in [1.54, 1.807) is 11.8 Å². The summed E-state index contributed by atoms with van der Waals surface area (Å²) in [5.74, 6) is 0.988. The van der Waals surface area contributed by atoms with Gasteiger partial charge >= 0.3 is 6.18 Å². The van der Waals surface area contributed by atoms with Crippen LogP contribution in [-0.4, -0.2) is 39.4 Å². The van der Waals surface area contributed by atoms with E-state index in [9.17, 15) is 26.4 Å². The molecule has 0 aliphatic rings. The first-order valence-corrected chi connectivity index (χ1v) is 12.6. The number of hydrogen-bond donors (Lipinski definition) is 1. The maximum atomic E-state index is 13.0. The summed E-state index contributed by atoms with van der Waals surface area (Å²) in [7, 11) is -4.05. The summed E-state index contributed by atoms with van der Waals surface area (Å²) >= 11 is 7.63. The maximum absolute atomic E-state index is 13.0. The van der Waals surface area contributed by atoms with Gasteiger partial charge in [0, 0.05) is 12.3 Å². The van der Waals surface area contributed by atoms with Crippen LogP contribution < -0.4 is 9.62 Å². The second-order valence-corrected chi connectivity index (χ2v) is 10.1. The van der Waals surface area contributed by atoms with Crippen LogP contribution in [0.3, 0.4) is 0 Å². The van der Waals surface area contributed by atoms with Crippen LogP contribution in [0.2, 0.25) is 5.02 Å². The number of alkyl halides is 3. The zero-order valence-electron chi connectivity index (χ0n) is 16.7. The molecule has 0 spiro atoms. The second-order valence-electron chi connectivity index (χ2n) is 6.68. The molecule has 1 amide bonds. The molecule has 170 valence electrons. The van der Waals surface area contributed by atoms with Crippen molar-refractivity contribution >= 4 is 45.0 Å². The average molecular weight is 495 g/mol. The van der Waals surface area contributed by atoms with Crippen molar-refractivity contribution < 1.29 is 26.4 Å². The summed E-state index contributed by atoms with van der Waals surface area (Å²) in [6.07, 6.45) is -3.22. The van der Waals surface area contributed by atoms with Crippen molar-refractivity contribution in [3.63, 3.8) is 0 Å². The van der Waals surface area contributed by atoms with Gasteiger partial charge in [-0.2, -0.15) is 24.9 Å². The van der Waals surface area contributed by atoms with Gasteiger partial charge in [0.15, 0.2) is 0 Å². The van der Waals surface area contributed by atoms with Crippen LogP contribution in [0, 0.1) is 0 Å². The first-order valence-electron chi connectivity index (χ1n) is 9.21. The third-order valence-corrected chi connectivity index (χ3v) is 6.69. The molecular weight excluding hydrogens is 473 g/mol. The lowest BCUT2D eigenvalue weighted by Gasteiger charge is -2.24. The molecule has 31 heavy (non-hydrogen) atoms. The van der Waals surface area contributed by atoms with Crippen molar-refractivity contribution in [2.75, 3.05) is 29.4 Å². The molecule has 2 aromatic rings. The summed E-state index contributed by atoms with van der Waals surface area (Å²) in [5, 5.41) is 2.39. The molecule has 0 atom stereocenters. The molecule has 0 saturated heterocycles. The van der Waals surface area contributed by atoms with Crippen molar-refractivity contribution in [1.29, 1.82) is 0 Å². The standard InChI is InChI=1S/C20H22ClF3N2O3S2/c1-31(28,29)26(18-12-16(20(22,23)24)8-9-17(18)21)13-19(27)25-10-5-11-30-14-15-6-3-2-4-7-15/h2-4,6-9,12H,5,10-11,13-14H2,1H3,(H,25,27). The summed E-state index contributed by atoms with van der Waals surface area (Å²) in [4.78, 5) is 12.2. The van der Waals surface area contributed by atoms with Crippen LogP contribution in [0.25, 0.3) is 0 Å². The van der Waals surface area contributed by atoms with Gasteiger partial charge in [0.1, 0.15) is 6.54 Å². The van der Waals surface area contributed by atoms with E-state index in [0.717, 1.165) is 29.9 Å². The predicted octanol–water partition coefficient (Wildman–Crippen LogP) is 4.56. The topological polar surface area (TPSA) is 66.5 Å². The second kappa shape index (κ2) is 11.1. The molecule has 1 N–H and O–H groups in total. The molecule has 0 aliphatic carbocycles. The van der Waals surface area contributed by atoms with Gasteiger partial charge in [0.2, 0.25) is 15.9 Å². The fraction of sp³-hybridized carbons (Fsp3) is 0.350. The molecule has 0 fully saturated rings. The number of nitrogens with zero attached hydrogens (tertiary/aromatic N) is 1. The van der Waals surface area contributed by atoms with E-state index >= 15 is 0 Å². The Morgan fingerprint density at radius 1 is 1.16 bits per heavy atom. The smallest absolute Gasteiger partial charge is 0.354 e. The summed E-state index contributed by atoms with van der Waals surface area (Å²) < 4.78 is 63.9. The van der Waals surface area contributed by atoms with Gasteiger partial charge in [-0.25, -0.2) is 8.42 Å². The number of sulfonamides is 1. The van der Waals surface area contributed by atoms with Crippen LogP contribution in [0.15, 0.2) is 48.5 Å². The minimum Gasteiger partial charge on any atom is -0.354 e. The summed E-state index contributed by atoms with van der Waals surface area (Å²) in [6, 6.07) is 12.2. The van der Waals surface area contributed by atoms with Gasteiger partial charge in [-0.05, 0) is 35.9 Å². The van der Waals surface area contributed by atoms with E-state index in [4.69, 9.17) is 11.6 Å². The number of halogens is 4. The Morgan fingerprint density at radius 3 is 2.45 bits per heavy atom. The molecular formula is C20H22ClF3N2O3S2. The third kappa shape index (κ3) is 8.27. The Labute approximate surface area is 189 Å². The van der Waals surface area contributed by atoms with Gasteiger partial charge in [-0.15, -0.1) is 0 Å². The minimum atomic E-state index is -4.68. The SMILES string of the molecule is CS(=O)(=O)N(CC(=O)NCCCSCc1ccccc1)c1cc(C(F)(F)F)ccc1Cl. The van der Waals surface area contributed by atoms with E-state index in [1.165, 1.54) is 5.56 Å². The van der Waals surface area contributed by atoms with E-state index < -0.39 is 39.9 Å². The number of hydrogen-bond acceptors (Lipinski definition) is 4. The molecule has 0 heterocycles. The van der Waals surface area contributed by atoms with Crippen LogP contribution in [0.5, 0.6) is 0 Å². The van der Waals surface area contributed by atoms with Crippen LogP contribution in [0.4, 0.5) is 18.9 Å². The van der Waals surface area contributed by atoms with Crippen LogP contribution in [0.1, 0.15) is 17.5 Å². The van der Waals surface area contributed by atoms with Crippen molar-refractivity contribution in [2.24, 2.45) is 0 Å². The number of anilines is 1. The lowest BCUT2D eigenvalue weighted by Crippen LogP contribution is -2.41.